The quantitative estimate of drug-likeness (QED) is 0.743. The Kier molecular flexibility index (Phi) is 2.68. The van der Waals surface area contributed by atoms with Gasteiger partial charge in [0.25, 0.3) is 0 Å². The number of nitrogens with one attached hydrogen (secondary N) is 1. The number of hydrogen-bond donors (Lipinski definition) is 1. The van der Waals surface area contributed by atoms with E-state index in [9.17, 15) is 4.79 Å². The summed E-state index contributed by atoms with van der Waals surface area (Å²) in [6.45, 7) is 2.78. The maximum atomic E-state index is 10.7. The van der Waals surface area contributed by atoms with E-state index in [-0.39, 0.29) is 0 Å². The van der Waals surface area contributed by atoms with Gasteiger partial charge in [0.1, 0.15) is 0 Å². The highest BCUT2D eigenvalue weighted by Gasteiger charge is 2.21. The summed E-state index contributed by atoms with van der Waals surface area (Å²) >= 11 is 0. The summed E-state index contributed by atoms with van der Waals surface area (Å²) in [5.74, 6) is 0. The molecule has 3 heteroatoms. The number of H-pyrrole nitrogens is 1. The highest BCUT2D eigenvalue weighted by atomic mass is 16.5. The third-order valence-corrected chi connectivity index (χ3v) is 2.79. The molecular weight excluding hydrogens is 178 g/mol. The van der Waals surface area contributed by atoms with Crippen LogP contribution in [0.5, 0.6) is 0 Å². The van der Waals surface area contributed by atoms with Gasteiger partial charge in [-0.1, -0.05) is 0 Å². The lowest BCUT2D eigenvalue weighted by molar-refractivity contribution is 0.0527. The highest BCUT2D eigenvalue weighted by Crippen LogP contribution is 2.24. The maximum absolute atomic E-state index is 10.7. The van der Waals surface area contributed by atoms with Crippen LogP contribution in [-0.4, -0.2) is 24.0 Å². The fourth-order valence-corrected chi connectivity index (χ4v) is 2.11. The first kappa shape index (κ1) is 9.46. The Labute approximate surface area is 83.5 Å². The molecule has 0 aliphatic heterocycles. The standard InChI is InChI=1S/C11H15NO2/c1-2-14-9-3-4-10-8(7-13)6-12-11(10)5-9/h6-7,9,12H,2-5H2,1H3. The summed E-state index contributed by atoms with van der Waals surface area (Å²) < 4.78 is 5.57. The molecule has 1 unspecified atom stereocenters. The summed E-state index contributed by atoms with van der Waals surface area (Å²) in [4.78, 5) is 13.8. The maximum Gasteiger partial charge on any atom is 0.151 e. The van der Waals surface area contributed by atoms with E-state index in [2.05, 4.69) is 4.98 Å². The van der Waals surface area contributed by atoms with Gasteiger partial charge in [0, 0.05) is 30.5 Å². The van der Waals surface area contributed by atoms with Gasteiger partial charge < -0.3 is 9.72 Å². The van der Waals surface area contributed by atoms with Crippen LogP contribution < -0.4 is 0 Å². The molecule has 0 radical (unpaired) electrons. The van der Waals surface area contributed by atoms with Crippen LogP contribution in [0.4, 0.5) is 0 Å². The monoisotopic (exact) mass is 193 g/mol. The number of hydrogen-bond acceptors (Lipinski definition) is 2. The lowest BCUT2D eigenvalue weighted by Gasteiger charge is -2.22. The van der Waals surface area contributed by atoms with E-state index in [0.717, 1.165) is 37.7 Å². The van der Waals surface area contributed by atoms with Crippen LogP contribution in [0.1, 0.15) is 35.0 Å². The van der Waals surface area contributed by atoms with Crippen molar-refractivity contribution in [3.05, 3.63) is 23.0 Å². The van der Waals surface area contributed by atoms with E-state index >= 15 is 0 Å². The van der Waals surface area contributed by atoms with E-state index < -0.39 is 0 Å². The van der Waals surface area contributed by atoms with E-state index in [4.69, 9.17) is 4.74 Å². The Bertz CT molecular complexity index is 330. The van der Waals surface area contributed by atoms with Crippen LogP contribution in [-0.2, 0) is 17.6 Å². The van der Waals surface area contributed by atoms with Crippen molar-refractivity contribution in [2.45, 2.75) is 32.3 Å². The highest BCUT2D eigenvalue weighted by molar-refractivity contribution is 5.77. The molecule has 0 saturated carbocycles. The second-order valence-electron chi connectivity index (χ2n) is 3.64. The predicted molar refractivity (Wildman–Crippen MR) is 53.6 cm³/mol. The minimum Gasteiger partial charge on any atom is -0.378 e. The Hall–Kier alpha value is -1.09. The molecule has 0 bridgehead atoms. The van der Waals surface area contributed by atoms with E-state index in [0.29, 0.717) is 6.10 Å². The Morgan fingerprint density at radius 1 is 1.71 bits per heavy atom. The van der Waals surface area contributed by atoms with Crippen molar-refractivity contribution in [2.24, 2.45) is 0 Å². The predicted octanol–water partition coefficient (Wildman–Crippen LogP) is 1.72. The van der Waals surface area contributed by atoms with Crippen LogP contribution in [0.15, 0.2) is 6.20 Å². The van der Waals surface area contributed by atoms with Crippen LogP contribution in [0.2, 0.25) is 0 Å². The molecule has 2 rings (SSSR count). The Morgan fingerprint density at radius 2 is 2.57 bits per heavy atom. The molecule has 0 amide bonds. The van der Waals surface area contributed by atoms with Gasteiger partial charge in [-0.2, -0.15) is 0 Å². The van der Waals surface area contributed by atoms with Gasteiger partial charge >= 0.3 is 0 Å². The van der Waals surface area contributed by atoms with Crippen LogP contribution >= 0.6 is 0 Å². The van der Waals surface area contributed by atoms with E-state index in [1.165, 1.54) is 11.3 Å². The molecule has 14 heavy (non-hydrogen) atoms. The molecule has 1 aliphatic carbocycles. The normalized spacial score (nSPS) is 20.5. The number of rotatable bonds is 3. The third-order valence-electron chi connectivity index (χ3n) is 2.79. The van der Waals surface area contributed by atoms with Gasteiger partial charge in [0.05, 0.1) is 6.10 Å². The number of fused-ring (bicyclic) bond motifs is 1. The van der Waals surface area contributed by atoms with Crippen LogP contribution in [0, 0.1) is 0 Å². The number of aromatic nitrogens is 1. The number of aromatic amines is 1. The van der Waals surface area contributed by atoms with E-state index in [1.54, 1.807) is 6.20 Å². The van der Waals surface area contributed by atoms with Gasteiger partial charge in [-0.15, -0.1) is 0 Å². The van der Waals surface area contributed by atoms with Crippen molar-refractivity contribution >= 4 is 6.29 Å². The molecule has 1 aliphatic rings. The topological polar surface area (TPSA) is 42.1 Å². The molecule has 1 atom stereocenters. The summed E-state index contributed by atoms with van der Waals surface area (Å²) in [6.07, 6.45) is 5.95. The fraction of sp³-hybridized carbons (Fsp3) is 0.545. The Balaban J connectivity index is 2.15. The summed E-state index contributed by atoms with van der Waals surface area (Å²) in [7, 11) is 0. The van der Waals surface area contributed by atoms with Crippen molar-refractivity contribution in [3.8, 4) is 0 Å². The number of carbonyl (C=O) groups is 1. The van der Waals surface area contributed by atoms with Gasteiger partial charge in [-0.3, -0.25) is 4.79 Å². The first-order valence-electron chi connectivity index (χ1n) is 5.11. The number of aldehydes is 1. The second kappa shape index (κ2) is 3.96. The SMILES string of the molecule is CCOC1CCc2c(C=O)c[nH]c2C1. The molecule has 0 saturated heterocycles. The molecule has 1 heterocycles. The molecule has 1 aromatic heterocycles. The van der Waals surface area contributed by atoms with Gasteiger partial charge in [-0.25, -0.2) is 0 Å². The minimum absolute atomic E-state index is 0.325. The van der Waals surface area contributed by atoms with Crippen molar-refractivity contribution in [2.75, 3.05) is 6.61 Å². The second-order valence-corrected chi connectivity index (χ2v) is 3.64. The van der Waals surface area contributed by atoms with Gasteiger partial charge in [-0.05, 0) is 25.3 Å². The number of carbonyl (C=O) groups excluding carboxylic acids is 1. The molecule has 1 N–H and O–H groups in total. The summed E-state index contributed by atoms with van der Waals surface area (Å²) in [5, 5.41) is 0. The zero-order chi connectivity index (χ0) is 9.97. The molecule has 0 spiro atoms. The molecule has 0 aromatic carbocycles. The molecule has 0 fully saturated rings. The van der Waals surface area contributed by atoms with Gasteiger partial charge in [0.2, 0.25) is 0 Å². The van der Waals surface area contributed by atoms with Crippen molar-refractivity contribution in [1.82, 2.24) is 4.98 Å². The Morgan fingerprint density at radius 3 is 3.29 bits per heavy atom. The van der Waals surface area contributed by atoms with Crippen LogP contribution in [0.25, 0.3) is 0 Å². The average Bonchev–Trinajstić information content (AvgIpc) is 2.60. The average molecular weight is 193 g/mol. The zero-order valence-electron chi connectivity index (χ0n) is 8.38. The summed E-state index contributed by atoms with van der Waals surface area (Å²) in [5.41, 5.74) is 3.18. The third kappa shape index (κ3) is 1.60. The van der Waals surface area contributed by atoms with Crippen LogP contribution in [0.3, 0.4) is 0 Å². The first-order chi connectivity index (χ1) is 6.85. The lowest BCUT2D eigenvalue weighted by Crippen LogP contribution is -2.22. The molecule has 3 nitrogen and oxygen atoms in total. The van der Waals surface area contributed by atoms with E-state index in [1.807, 2.05) is 6.92 Å². The molecule has 76 valence electrons. The minimum atomic E-state index is 0.325. The largest absolute Gasteiger partial charge is 0.378 e. The summed E-state index contributed by atoms with van der Waals surface area (Å²) in [6, 6.07) is 0. The van der Waals surface area contributed by atoms with Gasteiger partial charge in [0.15, 0.2) is 6.29 Å². The molecule has 1 aromatic rings. The fourth-order valence-electron chi connectivity index (χ4n) is 2.11. The smallest absolute Gasteiger partial charge is 0.151 e. The van der Waals surface area contributed by atoms with Crippen molar-refractivity contribution in [1.29, 1.82) is 0 Å². The molecular formula is C11H15NO2. The lowest BCUT2D eigenvalue weighted by atomic mass is 9.93. The zero-order valence-corrected chi connectivity index (χ0v) is 8.38. The number of ether oxygens (including phenoxy) is 1. The van der Waals surface area contributed by atoms with Crippen molar-refractivity contribution < 1.29 is 9.53 Å². The first-order valence-corrected chi connectivity index (χ1v) is 5.11. The van der Waals surface area contributed by atoms with Crippen molar-refractivity contribution in [3.63, 3.8) is 0 Å².